The molecule has 23 heavy (non-hydrogen) atoms. The molecule has 0 spiro atoms. The number of ketones is 1. The third-order valence-corrected chi connectivity index (χ3v) is 6.08. The predicted molar refractivity (Wildman–Crippen MR) is 97.4 cm³/mol. The Kier molecular flexibility index (Phi) is 5.61. The number of Topliss-reactive ketones (excluding diaryl/α,β-unsaturated/α-hetero) is 1. The molecule has 0 aliphatic heterocycles. The average Bonchev–Trinajstić information content (AvgIpc) is 2.90. The Bertz CT molecular complexity index is 637. The molecule has 0 radical (unpaired) electrons. The van der Waals surface area contributed by atoms with Crippen molar-refractivity contribution in [2.45, 2.75) is 77.0 Å². The number of hydrogen-bond donors (Lipinski definition) is 0. The van der Waals surface area contributed by atoms with Crippen LogP contribution in [0.25, 0.3) is 0 Å². The number of allylic oxidation sites excluding steroid dienone is 2. The first kappa shape index (κ1) is 18.1. The highest BCUT2D eigenvalue weighted by Gasteiger charge is 2.28. The van der Waals surface area contributed by atoms with E-state index in [1.54, 1.807) is 0 Å². The molecule has 0 bridgehead atoms. The molecule has 0 saturated heterocycles. The molecule has 2 rings (SSSR count). The highest BCUT2D eigenvalue weighted by Crippen LogP contribution is 2.37. The maximum Gasteiger partial charge on any atom is 0.172 e. The van der Waals surface area contributed by atoms with Gasteiger partial charge in [0.2, 0.25) is 0 Å². The summed E-state index contributed by atoms with van der Waals surface area (Å²) in [5, 5.41) is 0. The quantitative estimate of drug-likeness (QED) is 0.722. The zero-order chi connectivity index (χ0) is 17.3. The number of rotatable bonds is 5. The fourth-order valence-electron chi connectivity index (χ4n) is 2.96. The van der Waals surface area contributed by atoms with Crippen molar-refractivity contribution >= 4 is 16.6 Å². The molecule has 0 N–H and O–H groups in total. The van der Waals surface area contributed by atoms with Crippen molar-refractivity contribution in [1.29, 1.82) is 0 Å². The van der Waals surface area contributed by atoms with Gasteiger partial charge in [0.1, 0.15) is 0 Å². The smallest absolute Gasteiger partial charge is 0.172 e. The van der Waals surface area contributed by atoms with Gasteiger partial charge in [0.15, 0.2) is 5.78 Å². The van der Waals surface area contributed by atoms with Crippen LogP contribution < -0.4 is 0 Å². The average molecular weight is 333 g/mol. The first-order valence-electron chi connectivity index (χ1n) is 8.56. The molecular formula is C20H28O2S. The summed E-state index contributed by atoms with van der Waals surface area (Å²) in [5.41, 5.74) is 3.53. The van der Waals surface area contributed by atoms with Crippen LogP contribution in [0.15, 0.2) is 28.0 Å². The first-order valence-corrected chi connectivity index (χ1v) is 9.71. The molecule has 2 nitrogen and oxygen atoms in total. The molecule has 1 aromatic carbocycles. The minimum Gasteiger partial charge on any atom is -0.294 e. The standard InChI is InChI=1S/C20H28O2S/c1-12(2)15-10-16(13(3)4)20(17(11-15)14(5)6)23(22)19-9-7-8-18(19)21/h9-14H,7-8H2,1-6H3/t23-/m1/s1. The fourth-order valence-corrected chi connectivity index (χ4v) is 4.78. The predicted octanol–water partition coefficient (Wildman–Crippen LogP) is 5.41. The minimum absolute atomic E-state index is 0.0423. The van der Waals surface area contributed by atoms with Crippen LogP contribution in [0, 0.1) is 0 Å². The summed E-state index contributed by atoms with van der Waals surface area (Å²) in [4.78, 5) is 13.4. The highest BCUT2D eigenvalue weighted by molar-refractivity contribution is 7.90. The monoisotopic (exact) mass is 332 g/mol. The zero-order valence-corrected chi connectivity index (χ0v) is 15.9. The molecule has 3 heteroatoms. The Hall–Kier alpha value is -1.22. The lowest BCUT2D eigenvalue weighted by Gasteiger charge is -2.22. The molecule has 1 aliphatic carbocycles. The molecule has 1 aliphatic rings. The van der Waals surface area contributed by atoms with Gasteiger partial charge in [-0.2, -0.15) is 0 Å². The molecule has 0 saturated carbocycles. The van der Waals surface area contributed by atoms with E-state index in [4.69, 9.17) is 0 Å². The van der Waals surface area contributed by atoms with Gasteiger partial charge in [0.05, 0.1) is 20.6 Å². The second-order valence-electron chi connectivity index (χ2n) is 7.29. The van der Waals surface area contributed by atoms with E-state index in [-0.39, 0.29) is 17.6 Å². The van der Waals surface area contributed by atoms with E-state index in [2.05, 4.69) is 53.7 Å². The highest BCUT2D eigenvalue weighted by atomic mass is 32.2. The number of benzene rings is 1. The van der Waals surface area contributed by atoms with Crippen LogP contribution in [0.4, 0.5) is 0 Å². The summed E-state index contributed by atoms with van der Waals surface area (Å²) in [7, 11) is -1.36. The summed E-state index contributed by atoms with van der Waals surface area (Å²) in [6, 6.07) is 4.38. The molecular weight excluding hydrogens is 304 g/mol. The Morgan fingerprint density at radius 2 is 1.43 bits per heavy atom. The van der Waals surface area contributed by atoms with E-state index in [9.17, 15) is 9.00 Å². The van der Waals surface area contributed by atoms with Crippen molar-refractivity contribution < 1.29 is 9.00 Å². The van der Waals surface area contributed by atoms with Crippen LogP contribution in [0.2, 0.25) is 0 Å². The van der Waals surface area contributed by atoms with Crippen molar-refractivity contribution in [3.8, 4) is 0 Å². The first-order chi connectivity index (χ1) is 10.7. The van der Waals surface area contributed by atoms with E-state index < -0.39 is 10.8 Å². The van der Waals surface area contributed by atoms with Crippen molar-refractivity contribution in [3.63, 3.8) is 0 Å². The molecule has 1 aromatic rings. The summed E-state index contributed by atoms with van der Waals surface area (Å²) in [6.45, 7) is 12.9. The molecule has 126 valence electrons. The van der Waals surface area contributed by atoms with Gasteiger partial charge in [-0.05, 0) is 40.9 Å². The Balaban J connectivity index is 2.69. The van der Waals surface area contributed by atoms with Gasteiger partial charge in [-0.15, -0.1) is 0 Å². The van der Waals surface area contributed by atoms with Crippen molar-refractivity contribution in [1.82, 2.24) is 0 Å². The van der Waals surface area contributed by atoms with Gasteiger partial charge in [-0.25, -0.2) is 4.21 Å². The summed E-state index contributed by atoms with van der Waals surface area (Å²) < 4.78 is 13.2. The number of carbonyl (C=O) groups excluding carboxylic acids is 1. The second kappa shape index (κ2) is 7.12. The van der Waals surface area contributed by atoms with Gasteiger partial charge >= 0.3 is 0 Å². The van der Waals surface area contributed by atoms with E-state index >= 15 is 0 Å². The summed E-state index contributed by atoms with van der Waals surface area (Å²) >= 11 is 0. The summed E-state index contributed by atoms with van der Waals surface area (Å²) in [6.07, 6.45) is 3.08. The lowest BCUT2D eigenvalue weighted by atomic mass is 9.89. The van der Waals surface area contributed by atoms with Gasteiger partial charge < -0.3 is 0 Å². The van der Waals surface area contributed by atoms with E-state index in [0.29, 0.717) is 17.2 Å². The maximum atomic E-state index is 13.2. The number of carbonyl (C=O) groups is 1. The van der Waals surface area contributed by atoms with Crippen LogP contribution in [-0.2, 0) is 15.6 Å². The van der Waals surface area contributed by atoms with Crippen molar-refractivity contribution in [2.24, 2.45) is 0 Å². The van der Waals surface area contributed by atoms with Crippen LogP contribution in [0.3, 0.4) is 0 Å². The normalized spacial score (nSPS) is 16.6. The van der Waals surface area contributed by atoms with Gasteiger partial charge in [0.25, 0.3) is 0 Å². The molecule has 0 fully saturated rings. The third kappa shape index (κ3) is 3.65. The summed E-state index contributed by atoms with van der Waals surface area (Å²) in [5.74, 6) is 1.03. The lowest BCUT2D eigenvalue weighted by Crippen LogP contribution is -2.12. The SMILES string of the molecule is CC(C)c1cc(C(C)C)c([S@](=O)C2=CCCC2=O)c(C(C)C)c1. The van der Waals surface area contributed by atoms with Gasteiger partial charge in [-0.1, -0.05) is 59.8 Å². The van der Waals surface area contributed by atoms with Crippen LogP contribution in [-0.4, -0.2) is 9.99 Å². The Labute approximate surface area is 142 Å². The van der Waals surface area contributed by atoms with Gasteiger partial charge in [-0.3, -0.25) is 4.79 Å². The van der Waals surface area contributed by atoms with Crippen LogP contribution in [0.5, 0.6) is 0 Å². The molecule has 0 aromatic heterocycles. The third-order valence-electron chi connectivity index (χ3n) is 4.44. The van der Waals surface area contributed by atoms with Gasteiger partial charge in [0, 0.05) is 6.42 Å². The topological polar surface area (TPSA) is 34.1 Å². The van der Waals surface area contributed by atoms with Crippen molar-refractivity contribution in [3.05, 3.63) is 39.8 Å². The van der Waals surface area contributed by atoms with Crippen molar-refractivity contribution in [2.75, 3.05) is 0 Å². The zero-order valence-electron chi connectivity index (χ0n) is 15.1. The molecule has 0 amide bonds. The van der Waals surface area contributed by atoms with E-state index in [1.165, 1.54) is 5.56 Å². The van der Waals surface area contributed by atoms with Crippen LogP contribution >= 0.6 is 0 Å². The van der Waals surface area contributed by atoms with Crippen LogP contribution in [0.1, 0.15) is 88.8 Å². The largest absolute Gasteiger partial charge is 0.294 e. The number of hydrogen-bond acceptors (Lipinski definition) is 2. The molecule has 0 heterocycles. The lowest BCUT2D eigenvalue weighted by molar-refractivity contribution is -0.114. The minimum atomic E-state index is -1.36. The molecule has 1 atom stereocenters. The Morgan fingerprint density at radius 1 is 0.913 bits per heavy atom. The fraction of sp³-hybridized carbons (Fsp3) is 0.550. The molecule has 0 unspecified atom stereocenters. The van der Waals surface area contributed by atoms with E-state index in [1.807, 2.05) is 6.08 Å². The second-order valence-corrected chi connectivity index (χ2v) is 8.68. The maximum absolute atomic E-state index is 13.2. The van der Waals surface area contributed by atoms with E-state index in [0.717, 1.165) is 22.4 Å². The Morgan fingerprint density at radius 3 is 1.78 bits per heavy atom.